The van der Waals surface area contributed by atoms with Gasteiger partial charge in [0.2, 0.25) is 0 Å². The van der Waals surface area contributed by atoms with E-state index < -0.39 is 6.09 Å². The number of Topliss-reactive ketones (excluding diaryl/α,β-unsaturated/α-hetero) is 1. The number of halogens is 1. The number of hydrogen-bond acceptors (Lipinski definition) is 3. The lowest BCUT2D eigenvalue weighted by atomic mass is 9.75. The third-order valence-electron chi connectivity index (χ3n) is 9.20. The number of nitrogens with zero attached hydrogens (tertiary/aromatic N) is 2. The van der Waals surface area contributed by atoms with Crippen LogP contribution in [-0.4, -0.2) is 52.5 Å². The number of benzene rings is 2. The van der Waals surface area contributed by atoms with E-state index in [4.69, 9.17) is 0 Å². The number of fused-ring (bicyclic) bond motifs is 1. The molecule has 6 heteroatoms. The first kappa shape index (κ1) is 26.9. The Hall–Kier alpha value is -2.73. The lowest BCUT2D eigenvalue weighted by molar-refractivity contribution is 0.0525. The summed E-state index contributed by atoms with van der Waals surface area (Å²) in [6.45, 7) is 9.80. The molecule has 5 nitrogen and oxygen atoms in total. The fourth-order valence-corrected chi connectivity index (χ4v) is 6.99. The van der Waals surface area contributed by atoms with Gasteiger partial charge in [0.15, 0.2) is 5.78 Å². The van der Waals surface area contributed by atoms with E-state index in [0.717, 1.165) is 69.3 Å². The first-order chi connectivity index (χ1) is 18.1. The summed E-state index contributed by atoms with van der Waals surface area (Å²) in [7, 11) is 0. The molecule has 2 fully saturated rings. The summed E-state index contributed by atoms with van der Waals surface area (Å²) in [6.07, 6.45) is 4.80. The first-order valence-electron chi connectivity index (χ1n) is 14.2. The van der Waals surface area contributed by atoms with E-state index in [-0.39, 0.29) is 23.2 Å². The van der Waals surface area contributed by atoms with E-state index in [9.17, 15) is 19.1 Å². The predicted molar refractivity (Wildman–Crippen MR) is 147 cm³/mol. The predicted octanol–water partition coefficient (Wildman–Crippen LogP) is 6.76. The zero-order valence-electron chi connectivity index (χ0n) is 23.0. The molecule has 2 aromatic rings. The monoisotopic (exact) mass is 520 g/mol. The average Bonchev–Trinajstić information content (AvgIpc) is 3.20. The summed E-state index contributed by atoms with van der Waals surface area (Å²) in [5.41, 5.74) is 4.35. The van der Waals surface area contributed by atoms with Gasteiger partial charge in [0.25, 0.3) is 0 Å². The van der Waals surface area contributed by atoms with Crippen LogP contribution in [0.3, 0.4) is 0 Å². The fraction of sp³-hybridized carbons (Fsp3) is 0.562. The molecule has 0 radical (unpaired) electrons. The van der Waals surface area contributed by atoms with Crippen molar-refractivity contribution in [1.29, 1.82) is 0 Å². The lowest BCUT2D eigenvalue weighted by Crippen LogP contribution is -2.51. The fourth-order valence-electron chi connectivity index (χ4n) is 6.99. The van der Waals surface area contributed by atoms with Crippen LogP contribution in [0.4, 0.5) is 9.18 Å². The van der Waals surface area contributed by atoms with Gasteiger partial charge in [-0.25, -0.2) is 9.18 Å². The van der Waals surface area contributed by atoms with Crippen LogP contribution in [0.25, 0.3) is 0 Å². The Labute approximate surface area is 226 Å². The molecule has 1 amide bonds. The van der Waals surface area contributed by atoms with E-state index in [2.05, 4.69) is 37.8 Å². The molecule has 2 aliphatic heterocycles. The minimum absolute atomic E-state index is 0.0182. The van der Waals surface area contributed by atoms with Gasteiger partial charge in [-0.15, -0.1) is 0 Å². The number of carbonyl (C=O) groups is 2. The molecule has 5 rings (SSSR count). The molecule has 38 heavy (non-hydrogen) atoms. The van der Waals surface area contributed by atoms with Crippen LogP contribution in [0.5, 0.6) is 0 Å². The Kier molecular flexibility index (Phi) is 7.63. The van der Waals surface area contributed by atoms with Crippen LogP contribution in [0, 0.1) is 23.1 Å². The minimum Gasteiger partial charge on any atom is -0.465 e. The van der Waals surface area contributed by atoms with Gasteiger partial charge in [-0.05, 0) is 97.7 Å². The highest BCUT2D eigenvalue weighted by molar-refractivity contribution is 6.02. The SMILES string of the molecule is CC(C)(C)C1CC(c2ccc3c(c2)CC(CC2CCN(Cc4ccc(F)cc4)CC2)C3=O)CCN1C(=O)O. The number of hydrogen-bond donors (Lipinski definition) is 1. The molecule has 2 heterocycles. The molecular formula is C32H41FN2O3. The van der Waals surface area contributed by atoms with Gasteiger partial charge >= 0.3 is 6.09 Å². The van der Waals surface area contributed by atoms with Crippen molar-refractivity contribution in [3.8, 4) is 0 Å². The van der Waals surface area contributed by atoms with Crippen molar-refractivity contribution in [1.82, 2.24) is 9.80 Å². The molecule has 0 spiro atoms. The van der Waals surface area contributed by atoms with Crippen molar-refractivity contribution in [2.75, 3.05) is 19.6 Å². The second-order valence-corrected chi connectivity index (χ2v) is 12.8. The van der Waals surface area contributed by atoms with Crippen LogP contribution >= 0.6 is 0 Å². The summed E-state index contributed by atoms with van der Waals surface area (Å²) >= 11 is 0. The molecule has 3 aliphatic rings. The van der Waals surface area contributed by atoms with Gasteiger partial charge < -0.3 is 10.0 Å². The molecule has 0 bridgehead atoms. The molecule has 204 valence electrons. The van der Waals surface area contributed by atoms with Gasteiger partial charge in [-0.3, -0.25) is 9.69 Å². The number of carboxylic acid groups (broad SMARTS) is 1. The number of carbonyl (C=O) groups excluding carboxylic acids is 1. The topological polar surface area (TPSA) is 60.9 Å². The van der Waals surface area contributed by atoms with E-state index in [0.29, 0.717) is 24.2 Å². The summed E-state index contributed by atoms with van der Waals surface area (Å²) < 4.78 is 13.2. The van der Waals surface area contributed by atoms with Crippen molar-refractivity contribution in [2.45, 2.75) is 77.8 Å². The highest BCUT2D eigenvalue weighted by Gasteiger charge is 2.40. The second-order valence-electron chi connectivity index (χ2n) is 12.8. The van der Waals surface area contributed by atoms with Crippen LogP contribution in [0.1, 0.15) is 85.8 Å². The Morgan fingerprint density at radius 3 is 2.39 bits per heavy atom. The molecule has 1 aliphatic carbocycles. The molecular weight excluding hydrogens is 479 g/mol. The van der Waals surface area contributed by atoms with Crippen molar-refractivity contribution in [3.05, 3.63) is 70.5 Å². The summed E-state index contributed by atoms with van der Waals surface area (Å²) in [6, 6.07) is 13.2. The molecule has 3 atom stereocenters. The zero-order valence-corrected chi connectivity index (χ0v) is 23.0. The molecule has 1 N–H and O–H groups in total. The smallest absolute Gasteiger partial charge is 0.407 e. The number of ketones is 1. The number of amides is 1. The number of likely N-dealkylation sites (tertiary alicyclic amines) is 2. The maximum atomic E-state index is 13.3. The van der Waals surface area contributed by atoms with Crippen molar-refractivity contribution >= 4 is 11.9 Å². The maximum Gasteiger partial charge on any atom is 0.407 e. The summed E-state index contributed by atoms with van der Waals surface area (Å²) in [5, 5.41) is 9.71. The van der Waals surface area contributed by atoms with Gasteiger partial charge in [-0.2, -0.15) is 0 Å². The van der Waals surface area contributed by atoms with E-state index in [1.165, 1.54) is 23.3 Å². The van der Waals surface area contributed by atoms with E-state index in [1.807, 2.05) is 18.2 Å². The molecule has 3 unspecified atom stereocenters. The third-order valence-corrected chi connectivity index (χ3v) is 9.20. The Morgan fingerprint density at radius 2 is 1.74 bits per heavy atom. The zero-order chi connectivity index (χ0) is 27.0. The first-order valence-corrected chi connectivity index (χ1v) is 14.2. The van der Waals surface area contributed by atoms with E-state index in [1.54, 1.807) is 4.90 Å². The van der Waals surface area contributed by atoms with Crippen molar-refractivity contribution in [3.63, 3.8) is 0 Å². The van der Waals surface area contributed by atoms with E-state index >= 15 is 0 Å². The largest absolute Gasteiger partial charge is 0.465 e. The second kappa shape index (κ2) is 10.8. The van der Waals surface area contributed by atoms with Gasteiger partial charge in [-0.1, -0.05) is 51.1 Å². The third kappa shape index (κ3) is 5.80. The van der Waals surface area contributed by atoms with Crippen molar-refractivity contribution < 1.29 is 19.1 Å². The van der Waals surface area contributed by atoms with Gasteiger partial charge in [0.1, 0.15) is 5.82 Å². The molecule has 2 saturated heterocycles. The highest BCUT2D eigenvalue weighted by Crippen LogP contribution is 2.41. The summed E-state index contributed by atoms with van der Waals surface area (Å²) in [4.78, 5) is 29.2. The highest BCUT2D eigenvalue weighted by atomic mass is 19.1. The minimum atomic E-state index is -0.827. The lowest BCUT2D eigenvalue weighted by Gasteiger charge is -2.44. The van der Waals surface area contributed by atoms with Crippen LogP contribution in [-0.2, 0) is 13.0 Å². The summed E-state index contributed by atoms with van der Waals surface area (Å²) in [5.74, 6) is 1.06. The molecule has 0 saturated carbocycles. The standard InChI is InChI=1S/C32H41FN2O3/c1-32(2,3)29-19-24(12-15-35(29)31(37)38)23-6-9-28-25(17-23)18-26(30(28)36)16-21-10-13-34(14-11-21)20-22-4-7-27(33)8-5-22/h4-9,17,21,24,26,29H,10-16,18-20H2,1-3H3,(H,37,38). The van der Waals surface area contributed by atoms with Crippen LogP contribution in [0.15, 0.2) is 42.5 Å². The van der Waals surface area contributed by atoms with Crippen LogP contribution in [0.2, 0.25) is 0 Å². The Balaban J connectivity index is 1.18. The Morgan fingerprint density at radius 1 is 1.03 bits per heavy atom. The maximum absolute atomic E-state index is 13.3. The number of rotatable bonds is 5. The Bertz CT molecular complexity index is 1160. The van der Waals surface area contributed by atoms with Gasteiger partial charge in [0, 0.05) is 30.6 Å². The van der Waals surface area contributed by atoms with Crippen LogP contribution < -0.4 is 0 Å². The van der Waals surface area contributed by atoms with Gasteiger partial charge in [0.05, 0.1) is 0 Å². The van der Waals surface area contributed by atoms with Crippen molar-refractivity contribution in [2.24, 2.45) is 17.3 Å². The average molecular weight is 521 g/mol. The number of piperidine rings is 2. The normalized spacial score (nSPS) is 25.0. The molecule has 2 aromatic carbocycles. The quantitative estimate of drug-likeness (QED) is 0.473. The molecule has 0 aromatic heterocycles.